The van der Waals surface area contributed by atoms with Crippen molar-refractivity contribution in [2.24, 2.45) is 5.73 Å². The molecule has 0 fully saturated rings. The van der Waals surface area contributed by atoms with Crippen LogP contribution in [-0.4, -0.2) is 19.0 Å². The summed E-state index contributed by atoms with van der Waals surface area (Å²) in [7, 11) is 1.28. The van der Waals surface area contributed by atoms with E-state index in [1.165, 1.54) is 13.2 Å². The number of halogens is 1. The van der Waals surface area contributed by atoms with Gasteiger partial charge in [0.05, 0.1) is 12.7 Å². The van der Waals surface area contributed by atoms with Crippen molar-refractivity contribution in [3.8, 4) is 0 Å². The third-order valence-corrected chi connectivity index (χ3v) is 2.23. The molecule has 0 radical (unpaired) electrons. The Morgan fingerprint density at radius 1 is 1.29 bits per heavy atom. The second-order valence-corrected chi connectivity index (χ2v) is 3.83. The van der Waals surface area contributed by atoms with Gasteiger partial charge in [-0.1, -0.05) is 0 Å². The molecular formula is C9H8INO3. The average Bonchev–Trinajstić information content (AvgIpc) is 2.15. The van der Waals surface area contributed by atoms with Crippen molar-refractivity contribution < 1.29 is 14.3 Å². The van der Waals surface area contributed by atoms with Crippen LogP contribution in [0.4, 0.5) is 0 Å². The number of carbonyl (C=O) groups excluding carboxylic acids is 2. The van der Waals surface area contributed by atoms with E-state index in [9.17, 15) is 9.59 Å². The number of amides is 1. The van der Waals surface area contributed by atoms with E-state index in [-0.39, 0.29) is 0 Å². The van der Waals surface area contributed by atoms with Crippen molar-refractivity contribution in [1.82, 2.24) is 0 Å². The van der Waals surface area contributed by atoms with Crippen LogP contribution in [0.1, 0.15) is 20.7 Å². The summed E-state index contributed by atoms with van der Waals surface area (Å²) >= 11 is 2.00. The molecule has 1 aromatic rings. The fourth-order valence-corrected chi connectivity index (χ4v) is 1.64. The first kappa shape index (κ1) is 11.0. The molecule has 5 heteroatoms. The summed E-state index contributed by atoms with van der Waals surface area (Å²) in [6.07, 6.45) is 0. The third kappa shape index (κ3) is 2.44. The monoisotopic (exact) mass is 305 g/mol. The SMILES string of the molecule is COC(=O)c1cc(I)cc(C(N)=O)c1. The van der Waals surface area contributed by atoms with Gasteiger partial charge in [-0.05, 0) is 40.8 Å². The molecule has 0 unspecified atom stereocenters. The Morgan fingerprint density at radius 3 is 2.36 bits per heavy atom. The van der Waals surface area contributed by atoms with Crippen LogP contribution in [0.3, 0.4) is 0 Å². The van der Waals surface area contributed by atoms with Crippen LogP contribution in [-0.2, 0) is 4.74 Å². The van der Waals surface area contributed by atoms with Crippen LogP contribution >= 0.6 is 22.6 Å². The van der Waals surface area contributed by atoms with Crippen LogP contribution in [0.2, 0.25) is 0 Å². The predicted molar refractivity (Wildman–Crippen MR) is 59.0 cm³/mol. The summed E-state index contributed by atoms with van der Waals surface area (Å²) in [6.45, 7) is 0. The lowest BCUT2D eigenvalue weighted by atomic mass is 10.1. The lowest BCUT2D eigenvalue weighted by Gasteiger charge is -2.02. The van der Waals surface area contributed by atoms with Gasteiger partial charge < -0.3 is 10.5 Å². The average molecular weight is 305 g/mol. The number of hydrogen-bond donors (Lipinski definition) is 1. The molecule has 0 saturated carbocycles. The molecule has 0 aliphatic heterocycles. The van der Waals surface area contributed by atoms with E-state index in [1.807, 2.05) is 22.6 Å². The largest absolute Gasteiger partial charge is 0.465 e. The highest BCUT2D eigenvalue weighted by molar-refractivity contribution is 14.1. The van der Waals surface area contributed by atoms with Gasteiger partial charge in [-0.2, -0.15) is 0 Å². The molecule has 0 saturated heterocycles. The molecule has 1 rings (SSSR count). The predicted octanol–water partition coefficient (Wildman–Crippen LogP) is 1.18. The number of nitrogens with two attached hydrogens (primary N) is 1. The Hall–Kier alpha value is -1.11. The quantitative estimate of drug-likeness (QED) is 0.659. The first-order chi connectivity index (χ1) is 6.54. The first-order valence-corrected chi connectivity index (χ1v) is 4.81. The second kappa shape index (κ2) is 4.41. The molecule has 0 aliphatic carbocycles. The fraction of sp³-hybridized carbons (Fsp3) is 0.111. The van der Waals surface area contributed by atoms with E-state index in [0.29, 0.717) is 11.1 Å². The number of primary amides is 1. The summed E-state index contributed by atoms with van der Waals surface area (Å²) in [4.78, 5) is 22.0. The lowest BCUT2D eigenvalue weighted by molar-refractivity contribution is 0.0600. The number of esters is 1. The van der Waals surface area contributed by atoms with Crippen molar-refractivity contribution in [1.29, 1.82) is 0 Å². The Morgan fingerprint density at radius 2 is 1.86 bits per heavy atom. The molecule has 0 heterocycles. The van der Waals surface area contributed by atoms with Gasteiger partial charge in [0, 0.05) is 9.13 Å². The molecule has 0 atom stereocenters. The number of benzene rings is 1. The van der Waals surface area contributed by atoms with Gasteiger partial charge in [0.25, 0.3) is 0 Å². The summed E-state index contributed by atoms with van der Waals surface area (Å²) in [5.74, 6) is -1.04. The Labute approximate surface area is 94.6 Å². The Bertz CT molecular complexity index is 390. The van der Waals surface area contributed by atoms with Gasteiger partial charge in [0.15, 0.2) is 0 Å². The summed E-state index contributed by atoms with van der Waals surface area (Å²) in [6, 6.07) is 4.64. The maximum Gasteiger partial charge on any atom is 0.337 e. The van der Waals surface area contributed by atoms with E-state index in [2.05, 4.69) is 4.74 Å². The van der Waals surface area contributed by atoms with E-state index in [0.717, 1.165) is 3.57 Å². The van der Waals surface area contributed by atoms with Gasteiger partial charge >= 0.3 is 5.97 Å². The van der Waals surface area contributed by atoms with E-state index in [4.69, 9.17) is 5.73 Å². The zero-order valence-electron chi connectivity index (χ0n) is 7.41. The number of hydrogen-bond acceptors (Lipinski definition) is 3. The number of methoxy groups -OCH3 is 1. The van der Waals surface area contributed by atoms with Gasteiger partial charge in [-0.15, -0.1) is 0 Å². The molecule has 0 bridgehead atoms. The van der Waals surface area contributed by atoms with Crippen LogP contribution in [0.25, 0.3) is 0 Å². The third-order valence-electron chi connectivity index (χ3n) is 1.60. The standard InChI is InChI=1S/C9H8INO3/c1-14-9(13)6-2-5(8(11)12)3-7(10)4-6/h2-4H,1H3,(H2,11,12). The number of carbonyl (C=O) groups is 2. The molecule has 1 amide bonds. The maximum absolute atomic E-state index is 11.2. The van der Waals surface area contributed by atoms with Crippen LogP contribution in [0.15, 0.2) is 18.2 Å². The minimum atomic E-state index is -0.561. The molecule has 4 nitrogen and oxygen atoms in total. The molecule has 1 aromatic carbocycles. The minimum Gasteiger partial charge on any atom is -0.465 e. The minimum absolute atomic E-state index is 0.303. The normalized spacial score (nSPS) is 9.57. The zero-order chi connectivity index (χ0) is 10.7. The van der Waals surface area contributed by atoms with Gasteiger partial charge in [0.2, 0.25) is 5.91 Å². The second-order valence-electron chi connectivity index (χ2n) is 2.58. The van der Waals surface area contributed by atoms with Crippen LogP contribution in [0, 0.1) is 3.57 Å². The van der Waals surface area contributed by atoms with Crippen LogP contribution < -0.4 is 5.73 Å². The van der Waals surface area contributed by atoms with E-state index >= 15 is 0 Å². The fourth-order valence-electron chi connectivity index (χ4n) is 0.968. The van der Waals surface area contributed by atoms with Crippen molar-refractivity contribution in [2.45, 2.75) is 0 Å². The molecule has 14 heavy (non-hydrogen) atoms. The highest BCUT2D eigenvalue weighted by atomic mass is 127. The highest BCUT2D eigenvalue weighted by Crippen LogP contribution is 2.13. The molecule has 0 aliphatic rings. The maximum atomic E-state index is 11.2. The van der Waals surface area contributed by atoms with Gasteiger partial charge in [0.1, 0.15) is 0 Å². The van der Waals surface area contributed by atoms with Crippen molar-refractivity contribution in [3.63, 3.8) is 0 Å². The topological polar surface area (TPSA) is 69.4 Å². The Balaban J connectivity index is 3.20. The Kier molecular flexibility index (Phi) is 3.45. The van der Waals surface area contributed by atoms with E-state index < -0.39 is 11.9 Å². The van der Waals surface area contributed by atoms with Crippen molar-refractivity contribution in [2.75, 3.05) is 7.11 Å². The highest BCUT2D eigenvalue weighted by Gasteiger charge is 2.10. The number of rotatable bonds is 2. The van der Waals surface area contributed by atoms with Gasteiger partial charge in [-0.25, -0.2) is 4.79 Å². The van der Waals surface area contributed by atoms with Crippen LogP contribution in [0.5, 0.6) is 0 Å². The summed E-state index contributed by atoms with van der Waals surface area (Å²) in [5.41, 5.74) is 5.73. The molecule has 74 valence electrons. The smallest absolute Gasteiger partial charge is 0.337 e. The zero-order valence-corrected chi connectivity index (χ0v) is 9.57. The summed E-state index contributed by atoms with van der Waals surface area (Å²) in [5, 5.41) is 0. The number of ether oxygens (including phenoxy) is 1. The lowest BCUT2D eigenvalue weighted by Crippen LogP contribution is -2.13. The molecular weight excluding hydrogens is 297 g/mol. The van der Waals surface area contributed by atoms with Crippen molar-refractivity contribution in [3.05, 3.63) is 32.9 Å². The first-order valence-electron chi connectivity index (χ1n) is 3.73. The van der Waals surface area contributed by atoms with E-state index in [1.54, 1.807) is 12.1 Å². The molecule has 0 aromatic heterocycles. The molecule has 0 spiro atoms. The van der Waals surface area contributed by atoms with Gasteiger partial charge in [-0.3, -0.25) is 4.79 Å². The van der Waals surface area contributed by atoms with Crippen molar-refractivity contribution >= 4 is 34.5 Å². The summed E-state index contributed by atoms with van der Waals surface area (Å²) < 4.78 is 5.29. The molecule has 2 N–H and O–H groups in total.